The molecule has 1 fully saturated rings. The molecule has 110 valence electrons. The number of hydrogen-bond acceptors (Lipinski definition) is 3. The van der Waals surface area contributed by atoms with Crippen molar-refractivity contribution < 1.29 is 9.50 Å². The molecule has 1 saturated heterocycles. The first-order chi connectivity index (χ1) is 9.00. The van der Waals surface area contributed by atoms with Crippen LogP contribution in [0.3, 0.4) is 0 Å². The lowest BCUT2D eigenvalue weighted by Gasteiger charge is -2.22. The van der Waals surface area contributed by atoms with Gasteiger partial charge in [0.1, 0.15) is 5.82 Å². The van der Waals surface area contributed by atoms with Gasteiger partial charge in [-0.2, -0.15) is 0 Å². The first-order valence-corrected chi connectivity index (χ1v) is 9.00. The van der Waals surface area contributed by atoms with Gasteiger partial charge < -0.3 is 5.11 Å². The Morgan fingerprint density at radius 2 is 1.53 bits per heavy atom. The van der Waals surface area contributed by atoms with Crippen molar-refractivity contribution in [2.45, 2.75) is 57.6 Å². The van der Waals surface area contributed by atoms with Gasteiger partial charge in [-0.1, -0.05) is 61.4 Å². The third kappa shape index (κ3) is 5.01. The van der Waals surface area contributed by atoms with Crippen LogP contribution in [0.4, 0.5) is 4.39 Å². The molecule has 0 radical (unpaired) electrons. The van der Waals surface area contributed by atoms with Gasteiger partial charge in [0, 0.05) is 4.75 Å². The van der Waals surface area contributed by atoms with E-state index in [0.717, 1.165) is 5.56 Å². The topological polar surface area (TPSA) is 20.2 Å². The minimum atomic E-state index is -0.391. The normalized spacial score (nSPS) is 23.8. The summed E-state index contributed by atoms with van der Waals surface area (Å²) in [7, 11) is 3.35. The lowest BCUT2D eigenvalue weighted by atomic mass is 9.98. The Hall–Kier alpha value is -0.190. The fraction of sp³-hybridized carbons (Fsp3) is 0.600. The average Bonchev–Trinajstić information content (AvgIpc) is 2.71. The Kier molecular flexibility index (Phi) is 8.79. The highest BCUT2D eigenvalue weighted by Gasteiger charge is 2.43. The van der Waals surface area contributed by atoms with Gasteiger partial charge in [0.15, 0.2) is 0 Å². The van der Waals surface area contributed by atoms with Gasteiger partial charge in [0.2, 0.25) is 0 Å². The van der Waals surface area contributed by atoms with E-state index in [4.69, 9.17) is 0 Å². The minimum absolute atomic E-state index is 0.0469. The Balaban J connectivity index is 0.000000741. The highest BCUT2D eigenvalue weighted by atomic mass is 33.1. The van der Waals surface area contributed by atoms with E-state index in [0.29, 0.717) is 0 Å². The maximum absolute atomic E-state index is 12.7. The third-order valence-corrected chi connectivity index (χ3v) is 6.27. The molecular weight excluding hydrogens is 279 g/mol. The van der Waals surface area contributed by atoms with Crippen LogP contribution in [0.5, 0.6) is 0 Å². The zero-order chi connectivity index (χ0) is 15.1. The van der Waals surface area contributed by atoms with Gasteiger partial charge in [-0.15, -0.1) is 0 Å². The molecule has 2 rings (SSSR count). The summed E-state index contributed by atoms with van der Waals surface area (Å²) in [6.07, 6.45) is -0.391. The minimum Gasteiger partial charge on any atom is -0.390 e. The van der Waals surface area contributed by atoms with E-state index in [2.05, 4.69) is 0 Å². The van der Waals surface area contributed by atoms with Gasteiger partial charge >= 0.3 is 0 Å². The molecule has 0 spiro atoms. The fourth-order valence-electron chi connectivity index (χ4n) is 1.53. The Morgan fingerprint density at radius 3 is 1.89 bits per heavy atom. The van der Waals surface area contributed by atoms with Crippen LogP contribution < -0.4 is 0 Å². The fourth-order valence-corrected chi connectivity index (χ4v) is 4.92. The number of aliphatic hydroxyl groups is 1. The number of halogens is 1. The molecule has 1 aliphatic heterocycles. The highest BCUT2D eigenvalue weighted by molar-refractivity contribution is 8.77. The van der Waals surface area contributed by atoms with E-state index < -0.39 is 6.10 Å². The second kappa shape index (κ2) is 8.88. The highest BCUT2D eigenvalue weighted by Crippen LogP contribution is 2.57. The summed E-state index contributed by atoms with van der Waals surface area (Å²) in [5.74, 6) is -0.233. The van der Waals surface area contributed by atoms with Crippen LogP contribution in [0.15, 0.2) is 24.3 Å². The molecule has 0 saturated carbocycles. The predicted molar refractivity (Wildman–Crippen MR) is 87.1 cm³/mol. The summed E-state index contributed by atoms with van der Waals surface area (Å²) in [6, 6.07) is 6.38. The van der Waals surface area contributed by atoms with E-state index in [1.165, 1.54) is 12.1 Å². The van der Waals surface area contributed by atoms with Crippen LogP contribution in [0.25, 0.3) is 0 Å². The van der Waals surface area contributed by atoms with Crippen molar-refractivity contribution in [1.82, 2.24) is 0 Å². The number of rotatable bonds is 1. The van der Waals surface area contributed by atoms with Crippen LogP contribution in [-0.4, -0.2) is 16.0 Å². The van der Waals surface area contributed by atoms with Crippen molar-refractivity contribution in [3.05, 3.63) is 35.6 Å². The van der Waals surface area contributed by atoms with Crippen molar-refractivity contribution in [2.75, 3.05) is 0 Å². The van der Waals surface area contributed by atoms with E-state index in [1.807, 2.05) is 41.5 Å². The van der Waals surface area contributed by atoms with Crippen LogP contribution in [0.1, 0.15) is 52.4 Å². The van der Waals surface area contributed by atoms with E-state index in [9.17, 15) is 9.50 Å². The van der Waals surface area contributed by atoms with E-state index in [1.54, 1.807) is 33.7 Å². The monoisotopic (exact) mass is 304 g/mol. The summed E-state index contributed by atoms with van der Waals surface area (Å²) in [5, 5.41) is 10.2. The first kappa shape index (κ1) is 18.8. The smallest absolute Gasteiger partial charge is 0.123 e. The molecule has 1 aromatic rings. The Labute approximate surface area is 124 Å². The summed E-state index contributed by atoms with van der Waals surface area (Å²) >= 11 is 0. The second-order valence-corrected chi connectivity index (χ2v) is 7.20. The van der Waals surface area contributed by atoms with Crippen LogP contribution >= 0.6 is 21.6 Å². The summed E-state index contributed by atoms with van der Waals surface area (Å²) < 4.78 is 12.6. The average molecular weight is 304 g/mol. The van der Waals surface area contributed by atoms with Crippen LogP contribution in [0.2, 0.25) is 0 Å². The molecule has 0 aliphatic carbocycles. The van der Waals surface area contributed by atoms with E-state index in [-0.39, 0.29) is 15.8 Å². The molecule has 0 aromatic heterocycles. The van der Waals surface area contributed by atoms with E-state index >= 15 is 0 Å². The van der Waals surface area contributed by atoms with Gasteiger partial charge in [0.25, 0.3) is 0 Å². The molecule has 4 heteroatoms. The first-order valence-electron chi connectivity index (χ1n) is 6.79. The Bertz CT molecular complexity index is 352. The number of aliphatic hydroxyl groups excluding tert-OH is 1. The lowest BCUT2D eigenvalue weighted by molar-refractivity contribution is 0.143. The van der Waals surface area contributed by atoms with Crippen molar-refractivity contribution >= 4 is 21.6 Å². The standard InChI is InChI=1S/C11H13FOS2.2C2H6/c1-11(2)10(13)9(14-15-11)7-3-5-8(12)6-4-7;2*1-2/h3-6,9-10,13H,1-2H3;2*1-2H3. The largest absolute Gasteiger partial charge is 0.390 e. The molecule has 1 heterocycles. The maximum Gasteiger partial charge on any atom is 0.123 e. The summed E-state index contributed by atoms with van der Waals surface area (Å²) in [5.41, 5.74) is 0.993. The predicted octanol–water partition coefficient (Wildman–Crippen LogP) is 5.45. The Morgan fingerprint density at radius 1 is 1.05 bits per heavy atom. The van der Waals surface area contributed by atoms with Crippen LogP contribution in [-0.2, 0) is 0 Å². The molecular formula is C15H25FOS2. The van der Waals surface area contributed by atoms with Gasteiger partial charge in [-0.3, -0.25) is 0 Å². The van der Waals surface area contributed by atoms with Crippen molar-refractivity contribution in [3.8, 4) is 0 Å². The van der Waals surface area contributed by atoms with Crippen molar-refractivity contribution in [2.24, 2.45) is 0 Å². The third-order valence-electron chi connectivity index (χ3n) is 2.56. The summed E-state index contributed by atoms with van der Waals surface area (Å²) in [4.78, 5) is 0. The molecule has 1 aromatic carbocycles. The van der Waals surface area contributed by atoms with Gasteiger partial charge in [0.05, 0.1) is 11.4 Å². The van der Waals surface area contributed by atoms with Gasteiger partial charge in [-0.25, -0.2) is 4.39 Å². The quantitative estimate of drug-likeness (QED) is 0.696. The molecule has 19 heavy (non-hydrogen) atoms. The zero-order valence-electron chi connectivity index (χ0n) is 12.6. The van der Waals surface area contributed by atoms with Crippen LogP contribution in [0, 0.1) is 5.82 Å². The molecule has 1 nitrogen and oxygen atoms in total. The zero-order valence-corrected chi connectivity index (χ0v) is 14.2. The molecule has 0 bridgehead atoms. The maximum atomic E-state index is 12.7. The molecule has 0 amide bonds. The molecule has 1 N–H and O–H groups in total. The molecule has 2 unspecified atom stereocenters. The number of benzene rings is 1. The van der Waals surface area contributed by atoms with Crippen molar-refractivity contribution in [1.29, 1.82) is 0 Å². The second-order valence-electron chi connectivity index (χ2n) is 4.20. The lowest BCUT2D eigenvalue weighted by Crippen LogP contribution is -2.31. The molecule has 2 atom stereocenters. The van der Waals surface area contributed by atoms with Gasteiger partial charge in [-0.05, 0) is 31.5 Å². The molecule has 1 aliphatic rings. The van der Waals surface area contributed by atoms with Crippen molar-refractivity contribution in [3.63, 3.8) is 0 Å². The summed E-state index contributed by atoms with van der Waals surface area (Å²) in [6.45, 7) is 12.1. The number of hydrogen-bond donors (Lipinski definition) is 1. The SMILES string of the molecule is CC.CC.CC1(C)SSC(c2ccc(F)cc2)C1O.